The lowest BCUT2D eigenvalue weighted by Crippen LogP contribution is -2.23. The van der Waals surface area contributed by atoms with Crippen LogP contribution in [0.25, 0.3) is 0 Å². The molecule has 0 fully saturated rings. The largest absolute Gasteiger partial charge is 0.492 e. The predicted octanol–water partition coefficient (Wildman–Crippen LogP) is 3.49. The van der Waals surface area contributed by atoms with Crippen LogP contribution in [0.5, 0.6) is 5.75 Å². The Balaban J connectivity index is 2.16. The Morgan fingerprint density at radius 1 is 1.35 bits per heavy atom. The van der Waals surface area contributed by atoms with Crippen LogP contribution in [0.4, 0.5) is 4.39 Å². The fraction of sp³-hybridized carbons (Fsp3) is 0.538. The molecule has 2 nitrogen and oxygen atoms in total. The topological polar surface area (TPSA) is 21.3 Å². The monoisotopic (exact) mass is 259 g/mol. The maximum Gasteiger partial charge on any atom is 0.142 e. The van der Waals surface area contributed by atoms with Crippen molar-refractivity contribution in [3.8, 4) is 5.75 Å². The molecule has 0 unspecified atom stereocenters. The van der Waals surface area contributed by atoms with Crippen LogP contribution in [0.2, 0.25) is 5.02 Å². The van der Waals surface area contributed by atoms with Gasteiger partial charge in [0.25, 0.3) is 0 Å². The van der Waals surface area contributed by atoms with Crippen LogP contribution in [0.1, 0.15) is 20.3 Å². The molecular weight excluding hydrogens is 241 g/mol. The van der Waals surface area contributed by atoms with Gasteiger partial charge in [-0.25, -0.2) is 4.39 Å². The highest BCUT2D eigenvalue weighted by Crippen LogP contribution is 2.20. The second-order valence-electron chi connectivity index (χ2n) is 4.36. The number of hydrogen-bond acceptors (Lipinski definition) is 2. The molecule has 0 saturated heterocycles. The number of hydrogen-bond donors (Lipinski definition) is 1. The Kier molecular flexibility index (Phi) is 6.30. The molecule has 0 spiro atoms. The summed E-state index contributed by atoms with van der Waals surface area (Å²) in [7, 11) is 0. The van der Waals surface area contributed by atoms with E-state index in [1.807, 2.05) is 0 Å². The standard InChI is InChI=1S/C13H19ClFNO/c1-10(2)5-6-16-7-8-17-11-3-4-13(15)12(14)9-11/h3-4,9-10,16H,5-8H2,1-2H3. The number of halogens is 2. The van der Waals surface area contributed by atoms with E-state index in [0.29, 0.717) is 18.3 Å². The zero-order chi connectivity index (χ0) is 12.7. The third kappa shape index (κ3) is 5.89. The van der Waals surface area contributed by atoms with E-state index in [2.05, 4.69) is 19.2 Å². The minimum absolute atomic E-state index is 0.0928. The minimum Gasteiger partial charge on any atom is -0.492 e. The SMILES string of the molecule is CC(C)CCNCCOc1ccc(F)c(Cl)c1. The molecule has 0 saturated carbocycles. The zero-order valence-corrected chi connectivity index (χ0v) is 11.1. The third-order valence-electron chi connectivity index (χ3n) is 2.34. The van der Waals surface area contributed by atoms with E-state index in [1.54, 1.807) is 6.07 Å². The van der Waals surface area contributed by atoms with Gasteiger partial charge in [-0.05, 0) is 31.0 Å². The van der Waals surface area contributed by atoms with E-state index in [1.165, 1.54) is 12.1 Å². The van der Waals surface area contributed by atoms with Crippen LogP contribution in [0, 0.1) is 11.7 Å². The van der Waals surface area contributed by atoms with Gasteiger partial charge in [0.05, 0.1) is 5.02 Å². The van der Waals surface area contributed by atoms with E-state index in [0.717, 1.165) is 19.5 Å². The molecule has 0 radical (unpaired) electrons. The highest BCUT2D eigenvalue weighted by molar-refractivity contribution is 6.30. The molecule has 0 aliphatic heterocycles. The normalized spacial score (nSPS) is 10.9. The first-order valence-corrected chi connectivity index (χ1v) is 6.26. The first-order chi connectivity index (χ1) is 8.09. The molecule has 96 valence electrons. The Bertz CT molecular complexity index is 344. The van der Waals surface area contributed by atoms with Crippen molar-refractivity contribution in [2.24, 2.45) is 5.92 Å². The summed E-state index contributed by atoms with van der Waals surface area (Å²) in [5.74, 6) is 0.885. The summed E-state index contributed by atoms with van der Waals surface area (Å²) in [6.07, 6.45) is 1.16. The molecule has 17 heavy (non-hydrogen) atoms. The smallest absolute Gasteiger partial charge is 0.142 e. The average molecular weight is 260 g/mol. The van der Waals surface area contributed by atoms with Crippen molar-refractivity contribution in [2.75, 3.05) is 19.7 Å². The first-order valence-electron chi connectivity index (χ1n) is 5.88. The van der Waals surface area contributed by atoms with Crippen molar-refractivity contribution in [3.63, 3.8) is 0 Å². The van der Waals surface area contributed by atoms with Crippen molar-refractivity contribution >= 4 is 11.6 Å². The maximum absolute atomic E-state index is 12.9. The van der Waals surface area contributed by atoms with E-state index < -0.39 is 5.82 Å². The predicted molar refractivity (Wildman–Crippen MR) is 69.2 cm³/mol. The summed E-state index contributed by atoms with van der Waals surface area (Å²) in [6.45, 7) is 6.71. The fourth-order valence-electron chi connectivity index (χ4n) is 1.32. The van der Waals surface area contributed by atoms with Crippen LogP contribution in [0.15, 0.2) is 18.2 Å². The zero-order valence-electron chi connectivity index (χ0n) is 10.3. The van der Waals surface area contributed by atoms with Gasteiger partial charge in [-0.1, -0.05) is 25.4 Å². The summed E-state index contributed by atoms with van der Waals surface area (Å²) < 4.78 is 18.3. The molecule has 0 amide bonds. The highest BCUT2D eigenvalue weighted by atomic mass is 35.5. The molecule has 1 aromatic rings. The maximum atomic E-state index is 12.9. The third-order valence-corrected chi connectivity index (χ3v) is 2.63. The van der Waals surface area contributed by atoms with E-state index in [9.17, 15) is 4.39 Å². The minimum atomic E-state index is -0.422. The number of ether oxygens (including phenoxy) is 1. The lowest BCUT2D eigenvalue weighted by molar-refractivity contribution is 0.312. The molecule has 4 heteroatoms. The first kappa shape index (κ1) is 14.3. The van der Waals surface area contributed by atoms with Crippen molar-refractivity contribution in [2.45, 2.75) is 20.3 Å². The van der Waals surface area contributed by atoms with Gasteiger partial charge in [0.2, 0.25) is 0 Å². The van der Waals surface area contributed by atoms with E-state index in [4.69, 9.17) is 16.3 Å². The van der Waals surface area contributed by atoms with Crippen LogP contribution in [0.3, 0.4) is 0 Å². The second-order valence-corrected chi connectivity index (χ2v) is 4.76. The Labute approximate surface area is 107 Å². The van der Waals surface area contributed by atoms with Gasteiger partial charge in [0.1, 0.15) is 18.2 Å². The molecule has 1 N–H and O–H groups in total. The molecule has 0 aliphatic carbocycles. The Morgan fingerprint density at radius 3 is 2.76 bits per heavy atom. The van der Waals surface area contributed by atoms with Crippen LogP contribution < -0.4 is 10.1 Å². The molecule has 0 heterocycles. The lowest BCUT2D eigenvalue weighted by atomic mass is 10.1. The van der Waals surface area contributed by atoms with Gasteiger partial charge in [0.15, 0.2) is 0 Å². The van der Waals surface area contributed by atoms with Gasteiger partial charge in [-0.3, -0.25) is 0 Å². The summed E-state index contributed by atoms with van der Waals surface area (Å²) >= 11 is 5.64. The number of rotatable bonds is 7. The summed E-state index contributed by atoms with van der Waals surface area (Å²) in [4.78, 5) is 0. The summed E-state index contributed by atoms with van der Waals surface area (Å²) in [6, 6.07) is 4.38. The van der Waals surface area contributed by atoms with Gasteiger partial charge in [0, 0.05) is 12.6 Å². The molecule has 0 bridgehead atoms. The van der Waals surface area contributed by atoms with Gasteiger partial charge in [-0.2, -0.15) is 0 Å². The second kappa shape index (κ2) is 7.51. The van der Waals surface area contributed by atoms with Crippen LogP contribution in [-0.4, -0.2) is 19.7 Å². The average Bonchev–Trinajstić information content (AvgIpc) is 2.27. The molecule has 1 aromatic carbocycles. The van der Waals surface area contributed by atoms with Crippen LogP contribution >= 0.6 is 11.6 Å². The Hall–Kier alpha value is -0.800. The number of benzene rings is 1. The van der Waals surface area contributed by atoms with Crippen molar-refractivity contribution in [1.82, 2.24) is 5.32 Å². The lowest BCUT2D eigenvalue weighted by Gasteiger charge is -2.09. The van der Waals surface area contributed by atoms with Gasteiger partial charge >= 0.3 is 0 Å². The molecule has 0 aliphatic rings. The Morgan fingerprint density at radius 2 is 2.12 bits per heavy atom. The number of nitrogens with one attached hydrogen (secondary N) is 1. The molecular formula is C13H19ClFNO. The van der Waals surface area contributed by atoms with Crippen molar-refractivity contribution in [1.29, 1.82) is 0 Å². The summed E-state index contributed by atoms with van der Waals surface area (Å²) in [5, 5.41) is 3.37. The quantitative estimate of drug-likeness (QED) is 0.757. The van der Waals surface area contributed by atoms with E-state index >= 15 is 0 Å². The molecule has 0 aromatic heterocycles. The van der Waals surface area contributed by atoms with Gasteiger partial charge < -0.3 is 10.1 Å². The van der Waals surface area contributed by atoms with Crippen molar-refractivity contribution in [3.05, 3.63) is 29.0 Å². The highest BCUT2D eigenvalue weighted by Gasteiger charge is 2.01. The molecule has 0 atom stereocenters. The van der Waals surface area contributed by atoms with Gasteiger partial charge in [-0.15, -0.1) is 0 Å². The fourth-order valence-corrected chi connectivity index (χ4v) is 1.49. The summed E-state index contributed by atoms with van der Waals surface area (Å²) in [5.41, 5.74) is 0. The van der Waals surface area contributed by atoms with Crippen molar-refractivity contribution < 1.29 is 9.13 Å². The molecule has 1 rings (SSSR count). The van der Waals surface area contributed by atoms with E-state index in [-0.39, 0.29) is 5.02 Å². The van der Waals surface area contributed by atoms with Crippen LogP contribution in [-0.2, 0) is 0 Å².